The number of benzene rings is 1. The van der Waals surface area contributed by atoms with Gasteiger partial charge in [-0.05, 0) is 56.4 Å². The molecule has 94 valence electrons. The summed E-state index contributed by atoms with van der Waals surface area (Å²) in [5.74, 6) is 0. The van der Waals surface area contributed by atoms with Crippen molar-refractivity contribution in [3.8, 4) is 0 Å². The Labute approximate surface area is 108 Å². The lowest BCUT2D eigenvalue weighted by molar-refractivity contribution is 0.0682. The Morgan fingerprint density at radius 3 is 2.53 bits per heavy atom. The predicted molar refractivity (Wildman–Crippen MR) is 72.9 cm³/mol. The van der Waals surface area contributed by atoms with E-state index in [4.69, 9.17) is 16.3 Å². The standard InChI is InChI=1S/C14H20ClNO/c1-10-9-11(15)3-8-14(10)16-12-4-6-13(17-2)7-5-12/h3,8-9,12-13,16H,4-7H2,1-2H3. The largest absolute Gasteiger partial charge is 0.382 e. The maximum atomic E-state index is 5.95. The van der Waals surface area contributed by atoms with Gasteiger partial charge in [0.2, 0.25) is 0 Å². The van der Waals surface area contributed by atoms with Crippen LogP contribution in [0.1, 0.15) is 31.2 Å². The van der Waals surface area contributed by atoms with Crippen molar-refractivity contribution in [2.45, 2.75) is 44.8 Å². The molecular formula is C14H20ClNO. The van der Waals surface area contributed by atoms with Crippen molar-refractivity contribution in [2.24, 2.45) is 0 Å². The summed E-state index contributed by atoms with van der Waals surface area (Å²) in [6.07, 6.45) is 5.13. The highest BCUT2D eigenvalue weighted by molar-refractivity contribution is 6.30. The summed E-state index contributed by atoms with van der Waals surface area (Å²) in [6.45, 7) is 2.09. The molecule has 1 aliphatic carbocycles. The molecule has 1 aromatic rings. The molecule has 0 spiro atoms. The van der Waals surface area contributed by atoms with Gasteiger partial charge in [-0.1, -0.05) is 11.6 Å². The maximum Gasteiger partial charge on any atom is 0.0572 e. The molecule has 0 aliphatic heterocycles. The zero-order valence-corrected chi connectivity index (χ0v) is 11.3. The molecule has 17 heavy (non-hydrogen) atoms. The lowest BCUT2D eigenvalue weighted by atomic mass is 9.92. The third-order valence-corrected chi connectivity index (χ3v) is 3.79. The smallest absolute Gasteiger partial charge is 0.0572 e. The highest BCUT2D eigenvalue weighted by Gasteiger charge is 2.20. The van der Waals surface area contributed by atoms with E-state index in [9.17, 15) is 0 Å². The Morgan fingerprint density at radius 1 is 1.24 bits per heavy atom. The first-order valence-electron chi connectivity index (χ1n) is 6.24. The molecule has 0 atom stereocenters. The zero-order valence-electron chi connectivity index (χ0n) is 10.5. The van der Waals surface area contributed by atoms with E-state index in [1.165, 1.54) is 24.1 Å². The molecule has 1 saturated carbocycles. The molecule has 0 aromatic heterocycles. The van der Waals surface area contributed by atoms with E-state index < -0.39 is 0 Å². The van der Waals surface area contributed by atoms with Crippen molar-refractivity contribution in [2.75, 3.05) is 12.4 Å². The average Bonchev–Trinajstić information content (AvgIpc) is 2.34. The van der Waals surface area contributed by atoms with E-state index in [1.54, 1.807) is 0 Å². The second-order valence-electron chi connectivity index (χ2n) is 4.81. The molecular weight excluding hydrogens is 234 g/mol. The first kappa shape index (κ1) is 12.7. The minimum Gasteiger partial charge on any atom is -0.382 e. The van der Waals surface area contributed by atoms with Crippen LogP contribution in [0.3, 0.4) is 0 Å². The van der Waals surface area contributed by atoms with Gasteiger partial charge in [-0.15, -0.1) is 0 Å². The quantitative estimate of drug-likeness (QED) is 0.879. The van der Waals surface area contributed by atoms with Crippen LogP contribution in [-0.4, -0.2) is 19.3 Å². The summed E-state index contributed by atoms with van der Waals surface area (Å²) in [6, 6.07) is 6.59. The van der Waals surface area contributed by atoms with Gasteiger partial charge in [0.05, 0.1) is 6.10 Å². The van der Waals surface area contributed by atoms with Crippen molar-refractivity contribution < 1.29 is 4.74 Å². The van der Waals surface area contributed by atoms with Gasteiger partial charge in [0.15, 0.2) is 0 Å². The van der Waals surface area contributed by atoms with Crippen LogP contribution in [0.15, 0.2) is 18.2 Å². The zero-order chi connectivity index (χ0) is 12.3. The van der Waals surface area contributed by atoms with Gasteiger partial charge in [-0.25, -0.2) is 0 Å². The Bertz CT molecular complexity index is 372. The summed E-state index contributed by atoms with van der Waals surface area (Å²) >= 11 is 5.95. The predicted octanol–water partition coefficient (Wildman–Crippen LogP) is 4.02. The van der Waals surface area contributed by atoms with Crippen molar-refractivity contribution in [1.29, 1.82) is 0 Å². The highest BCUT2D eigenvalue weighted by atomic mass is 35.5. The summed E-state index contributed by atoms with van der Waals surface area (Å²) in [5.41, 5.74) is 2.42. The SMILES string of the molecule is COC1CCC(Nc2ccc(Cl)cc2C)CC1. The molecule has 1 aliphatic rings. The number of ether oxygens (including phenoxy) is 1. The third kappa shape index (κ3) is 3.36. The Hall–Kier alpha value is -0.730. The van der Waals surface area contributed by atoms with Gasteiger partial charge in [-0.3, -0.25) is 0 Å². The highest BCUT2D eigenvalue weighted by Crippen LogP contribution is 2.26. The van der Waals surface area contributed by atoms with E-state index >= 15 is 0 Å². The van der Waals surface area contributed by atoms with Gasteiger partial charge in [0.1, 0.15) is 0 Å². The van der Waals surface area contributed by atoms with Gasteiger partial charge in [0, 0.05) is 23.9 Å². The van der Waals surface area contributed by atoms with Gasteiger partial charge in [0.25, 0.3) is 0 Å². The number of anilines is 1. The molecule has 0 unspecified atom stereocenters. The molecule has 0 saturated heterocycles. The topological polar surface area (TPSA) is 21.3 Å². The Balaban J connectivity index is 1.93. The summed E-state index contributed by atoms with van der Waals surface area (Å²) < 4.78 is 5.38. The van der Waals surface area contributed by atoms with Gasteiger partial charge >= 0.3 is 0 Å². The monoisotopic (exact) mass is 253 g/mol. The first-order chi connectivity index (χ1) is 8.19. The molecule has 0 amide bonds. The Morgan fingerprint density at radius 2 is 1.94 bits per heavy atom. The van der Waals surface area contributed by atoms with Crippen LogP contribution in [-0.2, 0) is 4.74 Å². The Kier molecular flexibility index (Phi) is 4.30. The number of nitrogens with one attached hydrogen (secondary N) is 1. The number of hydrogen-bond donors (Lipinski definition) is 1. The van der Waals surface area contributed by atoms with Crippen molar-refractivity contribution in [3.05, 3.63) is 28.8 Å². The number of rotatable bonds is 3. The lowest BCUT2D eigenvalue weighted by Gasteiger charge is -2.29. The molecule has 0 radical (unpaired) electrons. The lowest BCUT2D eigenvalue weighted by Crippen LogP contribution is -2.29. The number of aryl methyl sites for hydroxylation is 1. The fourth-order valence-corrected chi connectivity index (χ4v) is 2.68. The van der Waals surface area contributed by atoms with Crippen LogP contribution in [0, 0.1) is 6.92 Å². The van der Waals surface area contributed by atoms with Crippen LogP contribution < -0.4 is 5.32 Å². The minimum absolute atomic E-state index is 0.458. The normalized spacial score (nSPS) is 24.6. The molecule has 1 fully saturated rings. The second-order valence-corrected chi connectivity index (χ2v) is 5.25. The van der Waals surface area contributed by atoms with Crippen LogP contribution in [0.5, 0.6) is 0 Å². The molecule has 1 N–H and O–H groups in total. The maximum absolute atomic E-state index is 5.95. The first-order valence-corrected chi connectivity index (χ1v) is 6.62. The van der Waals surface area contributed by atoms with E-state index in [2.05, 4.69) is 18.3 Å². The van der Waals surface area contributed by atoms with Gasteiger partial charge < -0.3 is 10.1 Å². The second kappa shape index (κ2) is 5.74. The molecule has 1 aromatic carbocycles. The number of methoxy groups -OCH3 is 1. The van der Waals surface area contributed by atoms with E-state index in [0.29, 0.717) is 12.1 Å². The minimum atomic E-state index is 0.458. The molecule has 2 nitrogen and oxygen atoms in total. The van der Waals surface area contributed by atoms with Crippen molar-refractivity contribution >= 4 is 17.3 Å². The molecule has 0 heterocycles. The van der Waals surface area contributed by atoms with E-state index in [-0.39, 0.29) is 0 Å². The average molecular weight is 254 g/mol. The fourth-order valence-electron chi connectivity index (χ4n) is 2.45. The fraction of sp³-hybridized carbons (Fsp3) is 0.571. The van der Waals surface area contributed by atoms with Crippen LogP contribution in [0.25, 0.3) is 0 Å². The van der Waals surface area contributed by atoms with Crippen LogP contribution >= 0.6 is 11.6 Å². The number of hydrogen-bond acceptors (Lipinski definition) is 2. The van der Waals surface area contributed by atoms with Crippen molar-refractivity contribution in [1.82, 2.24) is 0 Å². The van der Waals surface area contributed by atoms with Crippen LogP contribution in [0.2, 0.25) is 5.02 Å². The molecule has 2 rings (SSSR count). The summed E-state index contributed by atoms with van der Waals surface area (Å²) in [5, 5.41) is 4.41. The van der Waals surface area contributed by atoms with E-state index in [1.807, 2.05) is 19.2 Å². The number of halogens is 1. The van der Waals surface area contributed by atoms with Gasteiger partial charge in [-0.2, -0.15) is 0 Å². The van der Waals surface area contributed by atoms with Crippen molar-refractivity contribution in [3.63, 3.8) is 0 Å². The summed E-state index contributed by atoms with van der Waals surface area (Å²) in [7, 11) is 1.81. The molecule has 0 bridgehead atoms. The molecule has 3 heteroatoms. The van der Waals surface area contributed by atoms with E-state index in [0.717, 1.165) is 17.9 Å². The third-order valence-electron chi connectivity index (χ3n) is 3.56. The van der Waals surface area contributed by atoms with Crippen LogP contribution in [0.4, 0.5) is 5.69 Å². The summed E-state index contributed by atoms with van der Waals surface area (Å²) in [4.78, 5) is 0.